The molecular formula is C13H8FO2. The molecule has 0 unspecified atom stereocenters. The van der Waals surface area contributed by atoms with Crippen LogP contribution in [0.4, 0.5) is 4.39 Å². The van der Waals surface area contributed by atoms with E-state index in [0.29, 0.717) is 5.75 Å². The number of halogens is 1. The molecule has 0 saturated heterocycles. The van der Waals surface area contributed by atoms with Crippen molar-refractivity contribution in [1.29, 1.82) is 0 Å². The van der Waals surface area contributed by atoms with Crippen LogP contribution in [0.5, 0.6) is 11.5 Å². The van der Waals surface area contributed by atoms with Crippen molar-refractivity contribution < 1.29 is 13.9 Å². The molecule has 0 aliphatic heterocycles. The van der Waals surface area contributed by atoms with Gasteiger partial charge in [-0.1, -0.05) is 18.2 Å². The first kappa shape index (κ1) is 10.4. The van der Waals surface area contributed by atoms with Gasteiger partial charge >= 0.3 is 0 Å². The molecule has 2 aromatic rings. The van der Waals surface area contributed by atoms with Gasteiger partial charge in [-0.3, -0.25) is 4.79 Å². The largest absolute Gasteiger partial charge is 0.454 e. The van der Waals surface area contributed by atoms with Gasteiger partial charge in [-0.25, -0.2) is 4.39 Å². The molecule has 0 spiro atoms. The summed E-state index contributed by atoms with van der Waals surface area (Å²) < 4.78 is 18.6. The zero-order valence-corrected chi connectivity index (χ0v) is 8.31. The van der Waals surface area contributed by atoms with Gasteiger partial charge in [0.05, 0.1) is 0 Å². The topological polar surface area (TPSA) is 26.3 Å². The minimum atomic E-state index is -0.511. The summed E-state index contributed by atoms with van der Waals surface area (Å²) in [6, 6.07) is 12.6. The Kier molecular flexibility index (Phi) is 2.96. The van der Waals surface area contributed by atoms with Crippen molar-refractivity contribution in [2.75, 3.05) is 0 Å². The van der Waals surface area contributed by atoms with Crippen LogP contribution in [0.3, 0.4) is 0 Å². The van der Waals surface area contributed by atoms with Gasteiger partial charge in [0.15, 0.2) is 11.6 Å². The lowest BCUT2D eigenvalue weighted by Crippen LogP contribution is -1.90. The first-order chi connectivity index (χ1) is 7.79. The zero-order valence-electron chi connectivity index (χ0n) is 8.31. The van der Waals surface area contributed by atoms with Gasteiger partial charge in [-0.2, -0.15) is 0 Å². The Morgan fingerprint density at radius 1 is 1.06 bits per heavy atom. The molecule has 2 aromatic carbocycles. The third kappa shape index (κ3) is 2.25. The van der Waals surface area contributed by atoms with Crippen LogP contribution in [-0.2, 0) is 4.79 Å². The highest BCUT2D eigenvalue weighted by Crippen LogP contribution is 2.24. The third-order valence-corrected chi connectivity index (χ3v) is 2.02. The van der Waals surface area contributed by atoms with Gasteiger partial charge < -0.3 is 4.74 Å². The molecule has 0 N–H and O–H groups in total. The molecule has 0 heterocycles. The Morgan fingerprint density at radius 2 is 1.81 bits per heavy atom. The number of benzene rings is 2. The van der Waals surface area contributed by atoms with Crippen LogP contribution in [0.15, 0.2) is 48.5 Å². The smallest absolute Gasteiger partial charge is 0.233 e. The summed E-state index contributed by atoms with van der Waals surface area (Å²) >= 11 is 0. The van der Waals surface area contributed by atoms with Crippen molar-refractivity contribution >= 4 is 6.29 Å². The summed E-state index contributed by atoms with van der Waals surface area (Å²) in [5, 5.41) is 0. The second-order valence-electron chi connectivity index (χ2n) is 3.16. The molecule has 0 amide bonds. The maximum atomic E-state index is 13.3. The first-order valence-corrected chi connectivity index (χ1v) is 4.70. The van der Waals surface area contributed by atoms with E-state index >= 15 is 0 Å². The van der Waals surface area contributed by atoms with Crippen molar-refractivity contribution in [3.63, 3.8) is 0 Å². The molecule has 0 atom stereocenters. The Labute approximate surface area is 92.3 Å². The number of rotatable bonds is 3. The molecule has 16 heavy (non-hydrogen) atoms. The number of para-hydroxylation sites is 1. The van der Waals surface area contributed by atoms with Crippen LogP contribution >= 0.6 is 0 Å². The van der Waals surface area contributed by atoms with E-state index in [2.05, 4.69) is 0 Å². The van der Waals surface area contributed by atoms with Gasteiger partial charge in [-0.05, 0) is 30.3 Å². The molecule has 0 saturated carbocycles. The maximum Gasteiger partial charge on any atom is 0.233 e. The number of hydrogen-bond donors (Lipinski definition) is 0. The van der Waals surface area contributed by atoms with Crippen LogP contribution in [0.25, 0.3) is 0 Å². The van der Waals surface area contributed by atoms with Gasteiger partial charge in [0, 0.05) is 5.56 Å². The molecule has 0 bridgehead atoms. The highest BCUT2D eigenvalue weighted by Gasteiger charge is 2.05. The highest BCUT2D eigenvalue weighted by molar-refractivity contribution is 5.76. The Balaban J connectivity index is 2.30. The summed E-state index contributed by atoms with van der Waals surface area (Å²) in [5.41, 5.74) is 0.257. The van der Waals surface area contributed by atoms with E-state index in [1.165, 1.54) is 18.2 Å². The normalized spacial score (nSPS) is 9.81. The number of carbonyl (C=O) groups excluding carboxylic acids is 1. The summed E-state index contributed by atoms with van der Waals surface area (Å²) in [6.45, 7) is 0. The minimum Gasteiger partial charge on any atom is -0.454 e. The number of hydrogen-bond acceptors (Lipinski definition) is 2. The molecular weight excluding hydrogens is 207 g/mol. The molecule has 0 fully saturated rings. The van der Waals surface area contributed by atoms with Crippen molar-refractivity contribution in [3.8, 4) is 11.5 Å². The minimum absolute atomic E-state index is 0.0204. The molecule has 0 aliphatic rings. The summed E-state index contributed by atoms with van der Waals surface area (Å²) in [5.74, 6) is 0.0272. The second-order valence-corrected chi connectivity index (χ2v) is 3.16. The Morgan fingerprint density at radius 3 is 2.50 bits per heavy atom. The molecule has 79 valence electrons. The van der Waals surface area contributed by atoms with E-state index in [0.717, 1.165) is 0 Å². The van der Waals surface area contributed by atoms with Gasteiger partial charge in [0.1, 0.15) is 5.75 Å². The van der Waals surface area contributed by atoms with E-state index in [1.54, 1.807) is 30.6 Å². The molecule has 3 heteroatoms. The average molecular weight is 215 g/mol. The maximum absolute atomic E-state index is 13.3. The van der Waals surface area contributed by atoms with Crippen LogP contribution in [-0.4, -0.2) is 6.29 Å². The van der Waals surface area contributed by atoms with Crippen molar-refractivity contribution in [1.82, 2.24) is 0 Å². The third-order valence-electron chi connectivity index (χ3n) is 2.02. The molecule has 0 aliphatic carbocycles. The number of ether oxygens (including phenoxy) is 1. The van der Waals surface area contributed by atoms with E-state index in [4.69, 9.17) is 4.74 Å². The van der Waals surface area contributed by atoms with Crippen LogP contribution in [0.2, 0.25) is 0 Å². The van der Waals surface area contributed by atoms with Gasteiger partial charge in [0.2, 0.25) is 6.29 Å². The highest BCUT2D eigenvalue weighted by atomic mass is 19.1. The second kappa shape index (κ2) is 4.57. The fraction of sp³-hybridized carbons (Fsp3) is 0. The monoisotopic (exact) mass is 215 g/mol. The SMILES string of the molecule is O=[C]c1ccc(F)c(Oc2ccccc2)c1. The fourth-order valence-electron chi connectivity index (χ4n) is 1.26. The van der Waals surface area contributed by atoms with E-state index < -0.39 is 5.82 Å². The Hall–Kier alpha value is -2.16. The van der Waals surface area contributed by atoms with E-state index in [1.807, 2.05) is 6.07 Å². The lowest BCUT2D eigenvalue weighted by Gasteiger charge is -2.06. The lowest BCUT2D eigenvalue weighted by molar-refractivity contribution is 0.442. The lowest BCUT2D eigenvalue weighted by atomic mass is 10.2. The summed E-state index contributed by atoms with van der Waals surface area (Å²) in [4.78, 5) is 10.4. The Bertz CT molecular complexity index is 495. The zero-order chi connectivity index (χ0) is 11.4. The summed E-state index contributed by atoms with van der Waals surface area (Å²) in [7, 11) is 0. The molecule has 0 aromatic heterocycles. The standard InChI is InChI=1S/C13H8FO2/c14-12-7-6-10(9-15)8-13(12)16-11-4-2-1-3-5-11/h1-8H. The van der Waals surface area contributed by atoms with Crippen molar-refractivity contribution in [2.45, 2.75) is 0 Å². The van der Waals surface area contributed by atoms with Gasteiger partial charge in [0.25, 0.3) is 0 Å². The quantitative estimate of drug-likeness (QED) is 0.786. The van der Waals surface area contributed by atoms with E-state index in [-0.39, 0.29) is 11.3 Å². The fourth-order valence-corrected chi connectivity index (χ4v) is 1.26. The van der Waals surface area contributed by atoms with E-state index in [9.17, 15) is 9.18 Å². The van der Waals surface area contributed by atoms with Gasteiger partial charge in [-0.15, -0.1) is 0 Å². The average Bonchev–Trinajstić information content (AvgIpc) is 2.33. The van der Waals surface area contributed by atoms with Crippen LogP contribution < -0.4 is 4.74 Å². The van der Waals surface area contributed by atoms with Crippen LogP contribution in [0, 0.1) is 5.82 Å². The van der Waals surface area contributed by atoms with Crippen molar-refractivity contribution in [2.24, 2.45) is 0 Å². The predicted molar refractivity (Wildman–Crippen MR) is 57.7 cm³/mol. The molecule has 2 nitrogen and oxygen atoms in total. The van der Waals surface area contributed by atoms with Crippen LogP contribution in [0.1, 0.15) is 5.56 Å². The predicted octanol–water partition coefficient (Wildman–Crippen LogP) is 3.08. The van der Waals surface area contributed by atoms with Crippen molar-refractivity contribution in [3.05, 3.63) is 59.9 Å². The summed E-state index contributed by atoms with van der Waals surface area (Å²) in [6.07, 6.45) is 1.68. The molecule has 1 radical (unpaired) electrons. The molecule has 2 rings (SSSR count). The first-order valence-electron chi connectivity index (χ1n) is 4.70.